The van der Waals surface area contributed by atoms with Gasteiger partial charge < -0.3 is 10.5 Å². The van der Waals surface area contributed by atoms with E-state index in [4.69, 9.17) is 10.5 Å². The van der Waals surface area contributed by atoms with Gasteiger partial charge in [-0.15, -0.1) is 5.10 Å². The normalized spacial score (nSPS) is 18.1. The maximum atomic E-state index is 6.22. The summed E-state index contributed by atoms with van der Waals surface area (Å²) in [4.78, 5) is 4.32. The first kappa shape index (κ1) is 11.3. The lowest BCUT2D eigenvalue weighted by molar-refractivity contribution is 0.204. The first-order valence-electron chi connectivity index (χ1n) is 6.26. The maximum absolute atomic E-state index is 6.22. The van der Waals surface area contributed by atoms with Crippen LogP contribution in [0.4, 0.5) is 0 Å². The van der Waals surface area contributed by atoms with Crippen molar-refractivity contribution in [2.24, 2.45) is 5.73 Å². The maximum Gasteiger partial charge on any atom is 0.336 e. The molecule has 0 unspecified atom stereocenters. The van der Waals surface area contributed by atoms with Crippen LogP contribution in [0.3, 0.4) is 0 Å². The second kappa shape index (κ2) is 4.49. The van der Waals surface area contributed by atoms with Crippen LogP contribution < -0.4 is 10.5 Å². The first-order chi connectivity index (χ1) is 8.75. The average Bonchev–Trinajstić information content (AvgIpc) is 2.84. The van der Waals surface area contributed by atoms with E-state index in [1.54, 1.807) is 0 Å². The fourth-order valence-corrected chi connectivity index (χ4v) is 2.36. The van der Waals surface area contributed by atoms with E-state index in [0.29, 0.717) is 12.6 Å². The standard InChI is InChI=1S/C13H16N4O/c14-13(7-3-4-8-13)9-18-12-15-10-5-1-2-6-11(10)16-17-12/h1-2,5-6H,3-4,7-9,14H2. The summed E-state index contributed by atoms with van der Waals surface area (Å²) in [6.45, 7) is 0.465. The van der Waals surface area contributed by atoms with Gasteiger partial charge in [-0.3, -0.25) is 0 Å². The second-order valence-corrected chi connectivity index (χ2v) is 4.94. The topological polar surface area (TPSA) is 73.9 Å². The van der Waals surface area contributed by atoms with Crippen molar-refractivity contribution in [3.05, 3.63) is 24.3 Å². The van der Waals surface area contributed by atoms with Crippen molar-refractivity contribution in [3.8, 4) is 6.01 Å². The molecule has 5 nitrogen and oxygen atoms in total. The molecule has 1 saturated carbocycles. The van der Waals surface area contributed by atoms with Crippen LogP contribution >= 0.6 is 0 Å². The van der Waals surface area contributed by atoms with Gasteiger partial charge >= 0.3 is 6.01 Å². The van der Waals surface area contributed by atoms with E-state index in [9.17, 15) is 0 Å². The highest BCUT2D eigenvalue weighted by molar-refractivity contribution is 5.73. The third kappa shape index (κ3) is 2.26. The molecule has 0 spiro atoms. The van der Waals surface area contributed by atoms with Crippen LogP contribution in [-0.4, -0.2) is 27.3 Å². The molecule has 3 rings (SSSR count). The van der Waals surface area contributed by atoms with Crippen molar-refractivity contribution in [2.75, 3.05) is 6.61 Å². The quantitative estimate of drug-likeness (QED) is 0.889. The number of para-hydroxylation sites is 1. The lowest BCUT2D eigenvalue weighted by Crippen LogP contribution is -2.42. The number of nitrogens with two attached hydrogens (primary N) is 1. The van der Waals surface area contributed by atoms with E-state index in [1.807, 2.05) is 24.3 Å². The Morgan fingerprint density at radius 1 is 1.11 bits per heavy atom. The Morgan fingerprint density at radius 2 is 1.83 bits per heavy atom. The summed E-state index contributed by atoms with van der Waals surface area (Å²) >= 11 is 0. The Hall–Kier alpha value is -1.75. The van der Waals surface area contributed by atoms with Gasteiger partial charge in [-0.05, 0) is 25.0 Å². The first-order valence-corrected chi connectivity index (χ1v) is 6.26. The summed E-state index contributed by atoms with van der Waals surface area (Å²) in [5, 5.41) is 8.03. The molecular formula is C13H16N4O. The van der Waals surface area contributed by atoms with E-state index in [-0.39, 0.29) is 5.54 Å². The summed E-state index contributed by atoms with van der Waals surface area (Å²) in [6, 6.07) is 7.91. The number of rotatable bonds is 3. The highest BCUT2D eigenvalue weighted by Crippen LogP contribution is 2.27. The summed E-state index contributed by atoms with van der Waals surface area (Å²) < 4.78 is 5.59. The van der Waals surface area contributed by atoms with E-state index in [1.165, 1.54) is 12.8 Å². The molecule has 2 N–H and O–H groups in total. The Labute approximate surface area is 105 Å². The zero-order valence-electron chi connectivity index (χ0n) is 10.2. The zero-order valence-corrected chi connectivity index (χ0v) is 10.2. The van der Waals surface area contributed by atoms with E-state index in [2.05, 4.69) is 15.2 Å². The highest BCUT2D eigenvalue weighted by Gasteiger charge is 2.30. The van der Waals surface area contributed by atoms with Gasteiger partial charge in [-0.2, -0.15) is 4.98 Å². The van der Waals surface area contributed by atoms with Crippen molar-refractivity contribution >= 4 is 11.0 Å². The van der Waals surface area contributed by atoms with E-state index < -0.39 is 0 Å². The molecule has 94 valence electrons. The fourth-order valence-electron chi connectivity index (χ4n) is 2.36. The molecule has 2 aromatic rings. The lowest BCUT2D eigenvalue weighted by Gasteiger charge is -2.22. The van der Waals surface area contributed by atoms with Crippen LogP contribution in [0.5, 0.6) is 6.01 Å². The third-order valence-corrected chi connectivity index (χ3v) is 3.43. The fraction of sp³-hybridized carbons (Fsp3) is 0.462. The Kier molecular flexibility index (Phi) is 2.83. The molecule has 18 heavy (non-hydrogen) atoms. The van der Waals surface area contributed by atoms with Crippen molar-refractivity contribution < 1.29 is 4.74 Å². The third-order valence-electron chi connectivity index (χ3n) is 3.43. The molecule has 0 aliphatic heterocycles. The summed E-state index contributed by atoms with van der Waals surface area (Å²) in [6.07, 6.45) is 4.37. The van der Waals surface area contributed by atoms with Crippen LogP contribution in [0.2, 0.25) is 0 Å². The van der Waals surface area contributed by atoms with Gasteiger partial charge in [0.15, 0.2) is 0 Å². The van der Waals surface area contributed by atoms with Gasteiger partial charge in [0.1, 0.15) is 12.1 Å². The number of hydrogen-bond acceptors (Lipinski definition) is 5. The van der Waals surface area contributed by atoms with E-state index in [0.717, 1.165) is 23.9 Å². The number of fused-ring (bicyclic) bond motifs is 1. The number of benzene rings is 1. The van der Waals surface area contributed by atoms with Crippen LogP contribution in [0.15, 0.2) is 24.3 Å². The van der Waals surface area contributed by atoms with Crippen LogP contribution in [0.25, 0.3) is 11.0 Å². The van der Waals surface area contributed by atoms with Gasteiger partial charge in [0, 0.05) is 0 Å². The van der Waals surface area contributed by atoms with Gasteiger partial charge in [0.2, 0.25) is 0 Å². The van der Waals surface area contributed by atoms with Gasteiger partial charge in [0.05, 0.1) is 11.1 Å². The predicted octanol–water partition coefficient (Wildman–Crippen LogP) is 1.68. The smallest absolute Gasteiger partial charge is 0.336 e. The number of hydrogen-bond donors (Lipinski definition) is 1. The average molecular weight is 244 g/mol. The molecule has 0 bridgehead atoms. The van der Waals surface area contributed by atoms with E-state index >= 15 is 0 Å². The van der Waals surface area contributed by atoms with Crippen LogP contribution in [-0.2, 0) is 0 Å². The number of nitrogens with zero attached hydrogens (tertiary/aromatic N) is 3. The summed E-state index contributed by atoms with van der Waals surface area (Å²) in [5.41, 5.74) is 7.57. The Balaban J connectivity index is 1.74. The molecule has 0 radical (unpaired) electrons. The lowest BCUT2D eigenvalue weighted by atomic mass is 10.0. The highest BCUT2D eigenvalue weighted by atomic mass is 16.5. The second-order valence-electron chi connectivity index (χ2n) is 4.94. The molecule has 0 amide bonds. The molecule has 0 saturated heterocycles. The van der Waals surface area contributed by atoms with Gasteiger partial charge in [-0.1, -0.05) is 30.1 Å². The van der Waals surface area contributed by atoms with Crippen LogP contribution in [0.1, 0.15) is 25.7 Å². The van der Waals surface area contributed by atoms with Gasteiger partial charge in [0.25, 0.3) is 0 Å². The molecule has 1 aromatic carbocycles. The largest absolute Gasteiger partial charge is 0.460 e. The molecular weight excluding hydrogens is 228 g/mol. The molecule has 1 aliphatic rings. The monoisotopic (exact) mass is 244 g/mol. The number of aromatic nitrogens is 3. The van der Waals surface area contributed by atoms with Crippen molar-refractivity contribution in [1.29, 1.82) is 0 Å². The Bertz CT molecular complexity index is 551. The minimum Gasteiger partial charge on any atom is -0.460 e. The summed E-state index contributed by atoms with van der Waals surface area (Å²) in [5.74, 6) is 0. The molecule has 1 heterocycles. The SMILES string of the molecule is NC1(COc2nnc3ccccc3n2)CCCC1. The predicted molar refractivity (Wildman–Crippen MR) is 68.2 cm³/mol. The molecule has 1 aliphatic carbocycles. The minimum atomic E-state index is -0.213. The molecule has 1 fully saturated rings. The molecule has 5 heteroatoms. The van der Waals surface area contributed by atoms with Gasteiger partial charge in [-0.25, -0.2) is 0 Å². The zero-order chi connectivity index (χ0) is 12.4. The van der Waals surface area contributed by atoms with Crippen molar-refractivity contribution in [1.82, 2.24) is 15.2 Å². The Morgan fingerprint density at radius 3 is 2.61 bits per heavy atom. The molecule has 1 aromatic heterocycles. The van der Waals surface area contributed by atoms with Crippen molar-refractivity contribution in [2.45, 2.75) is 31.2 Å². The number of ether oxygens (including phenoxy) is 1. The minimum absolute atomic E-state index is 0.213. The summed E-state index contributed by atoms with van der Waals surface area (Å²) in [7, 11) is 0. The van der Waals surface area contributed by atoms with Crippen LogP contribution in [0, 0.1) is 0 Å². The van der Waals surface area contributed by atoms with Crippen molar-refractivity contribution in [3.63, 3.8) is 0 Å². The molecule has 0 atom stereocenters.